The minimum Gasteiger partial charge on any atom is -0.310 e. The van der Waals surface area contributed by atoms with E-state index in [1.54, 1.807) is 0 Å². The van der Waals surface area contributed by atoms with Crippen LogP contribution >= 0.6 is 0 Å². The van der Waals surface area contributed by atoms with Gasteiger partial charge in [-0.05, 0) is 97.2 Å². The summed E-state index contributed by atoms with van der Waals surface area (Å²) in [7, 11) is 0. The van der Waals surface area contributed by atoms with Gasteiger partial charge in [-0.25, -0.2) is 9.97 Å². The summed E-state index contributed by atoms with van der Waals surface area (Å²) >= 11 is 0. The fourth-order valence-electron chi connectivity index (χ4n) is 11.6. The van der Waals surface area contributed by atoms with E-state index in [2.05, 4.69) is 172 Å². The van der Waals surface area contributed by atoms with Crippen LogP contribution in [0.2, 0.25) is 0 Å². The van der Waals surface area contributed by atoms with E-state index in [1.807, 2.05) is 24.5 Å². The van der Waals surface area contributed by atoms with Gasteiger partial charge in [-0.1, -0.05) is 121 Å². The number of benzene rings is 10. The van der Waals surface area contributed by atoms with Crippen LogP contribution in [0.1, 0.15) is 0 Å². The normalized spacial score (nSPS) is 13.9. The second-order valence-corrected chi connectivity index (χ2v) is 16.4. The van der Waals surface area contributed by atoms with Gasteiger partial charge in [0, 0.05) is 61.8 Å². The SMILES string of the molecule is c1ccc(N2c3c4c(c5ccc6cccc7ccc3c5c67)N(c3ccccn3)c3cccc5c3B4c3c(c4ccc6cccc7ccc(c32)c4c67)N5c2ccccn2)cc1. The second-order valence-electron chi connectivity index (χ2n) is 16.4. The topological polar surface area (TPSA) is 35.5 Å². The van der Waals surface area contributed by atoms with Crippen molar-refractivity contribution in [2.45, 2.75) is 0 Å². The molecule has 5 heterocycles. The van der Waals surface area contributed by atoms with Crippen LogP contribution in [0.15, 0.2) is 182 Å². The van der Waals surface area contributed by atoms with Gasteiger partial charge in [0.1, 0.15) is 11.6 Å². The molecule has 0 amide bonds. The molecule has 3 aliphatic heterocycles. The van der Waals surface area contributed by atoms with Crippen LogP contribution in [-0.2, 0) is 0 Å². The van der Waals surface area contributed by atoms with Crippen LogP contribution < -0.4 is 31.1 Å². The highest BCUT2D eigenvalue weighted by molar-refractivity contribution is 7.03. The van der Waals surface area contributed by atoms with Crippen molar-refractivity contribution in [2.75, 3.05) is 14.7 Å². The number of nitrogens with zero attached hydrogens (tertiary/aromatic N) is 5. The smallest absolute Gasteiger partial charge is 0.257 e. The Kier molecular flexibility index (Phi) is 5.67. The Bertz CT molecular complexity index is 3540. The molecule has 0 saturated carbocycles. The third-order valence-electron chi connectivity index (χ3n) is 13.7. The summed E-state index contributed by atoms with van der Waals surface area (Å²) in [5.74, 6) is 1.79. The highest BCUT2D eigenvalue weighted by atomic mass is 15.3. The summed E-state index contributed by atoms with van der Waals surface area (Å²) in [6, 6.07) is 62.7. The van der Waals surface area contributed by atoms with Gasteiger partial charge in [0.25, 0.3) is 6.71 Å². The number of pyridine rings is 2. The molecular weight excluding hydrogens is 729 g/mol. The summed E-state index contributed by atoms with van der Waals surface area (Å²) in [4.78, 5) is 17.8. The van der Waals surface area contributed by atoms with Gasteiger partial charge in [-0.15, -0.1) is 0 Å². The molecule has 0 bridgehead atoms. The average molecular weight is 760 g/mol. The molecule has 0 radical (unpaired) electrons. The second kappa shape index (κ2) is 11.0. The minimum atomic E-state index is -0.0880. The Balaban J connectivity index is 1.25. The third kappa shape index (κ3) is 3.63. The van der Waals surface area contributed by atoms with Crippen LogP contribution in [0.25, 0.3) is 64.6 Å². The number of hydrogen-bond donors (Lipinski definition) is 0. The Morgan fingerprint density at radius 1 is 0.317 bits per heavy atom. The molecule has 3 aliphatic rings. The lowest BCUT2D eigenvalue weighted by Crippen LogP contribution is -2.65. The summed E-state index contributed by atoms with van der Waals surface area (Å²) in [6.07, 6.45) is 3.84. The molecule has 274 valence electrons. The van der Waals surface area contributed by atoms with Crippen LogP contribution in [0, 0.1) is 0 Å². The Morgan fingerprint density at radius 3 is 1.17 bits per heavy atom. The van der Waals surface area contributed by atoms with E-state index in [-0.39, 0.29) is 6.71 Å². The zero-order valence-corrected chi connectivity index (χ0v) is 32.1. The standard InChI is InChI=1S/C54H30BN5/c1-2-15-35(16-3-1)58-51-36-25-21-31-11-8-13-33-23-27-38(46(36)44(31)33)53-49(51)55-48-40(59(53)42-19-4-6-29-56-42)17-10-18-41(48)60(43-20-5-7-30-57-43)54-39-28-24-34-14-9-12-32-22-26-37(47(39)45(32)34)52(58)50(54)55/h1-30H. The highest BCUT2D eigenvalue weighted by Gasteiger charge is 2.52. The third-order valence-corrected chi connectivity index (χ3v) is 13.7. The lowest BCUT2D eigenvalue weighted by atomic mass is 9.31. The van der Waals surface area contributed by atoms with Crippen LogP contribution in [0.3, 0.4) is 0 Å². The predicted molar refractivity (Wildman–Crippen MR) is 252 cm³/mol. The van der Waals surface area contributed by atoms with E-state index >= 15 is 0 Å². The molecule has 0 N–H and O–H groups in total. The van der Waals surface area contributed by atoms with Gasteiger partial charge in [-0.2, -0.15) is 0 Å². The number of rotatable bonds is 3. The van der Waals surface area contributed by atoms with E-state index in [1.165, 1.54) is 104 Å². The van der Waals surface area contributed by atoms with Gasteiger partial charge in [0.05, 0.1) is 22.7 Å². The summed E-state index contributed by atoms with van der Waals surface area (Å²) < 4.78 is 0. The van der Waals surface area contributed by atoms with Gasteiger partial charge in [-0.3, -0.25) is 9.80 Å². The van der Waals surface area contributed by atoms with Crippen molar-refractivity contribution in [2.24, 2.45) is 0 Å². The quantitative estimate of drug-likeness (QED) is 0.132. The molecule has 15 rings (SSSR count). The van der Waals surface area contributed by atoms with Crippen molar-refractivity contribution >= 4 is 139 Å². The molecule has 60 heavy (non-hydrogen) atoms. The molecule has 6 heteroatoms. The Hall–Kier alpha value is -7.96. The van der Waals surface area contributed by atoms with Crippen LogP contribution in [-0.4, -0.2) is 16.7 Å². The Labute approximate surface area is 344 Å². The highest BCUT2D eigenvalue weighted by Crippen LogP contribution is 2.57. The lowest BCUT2D eigenvalue weighted by Gasteiger charge is -2.50. The van der Waals surface area contributed by atoms with Crippen molar-refractivity contribution in [3.8, 4) is 0 Å². The van der Waals surface area contributed by atoms with Crippen molar-refractivity contribution in [1.82, 2.24) is 9.97 Å². The van der Waals surface area contributed by atoms with E-state index in [4.69, 9.17) is 9.97 Å². The molecule has 0 aliphatic carbocycles. The molecule has 12 aromatic rings. The molecule has 5 nitrogen and oxygen atoms in total. The van der Waals surface area contributed by atoms with Crippen molar-refractivity contribution in [3.63, 3.8) is 0 Å². The summed E-state index contributed by atoms with van der Waals surface area (Å²) in [6.45, 7) is -0.0880. The molecule has 0 atom stereocenters. The first kappa shape index (κ1) is 31.1. The molecule has 0 saturated heterocycles. The number of anilines is 9. The molecular formula is C54H30BN5. The molecule has 2 aromatic heterocycles. The number of aromatic nitrogens is 2. The zero-order chi connectivity index (χ0) is 38.8. The van der Waals surface area contributed by atoms with E-state index in [0.717, 1.165) is 28.7 Å². The number of fused-ring (bicyclic) bond motifs is 4. The van der Waals surface area contributed by atoms with E-state index in [0.29, 0.717) is 0 Å². The molecule has 0 fully saturated rings. The fourth-order valence-corrected chi connectivity index (χ4v) is 11.6. The maximum Gasteiger partial charge on any atom is 0.257 e. The van der Waals surface area contributed by atoms with Crippen LogP contribution in [0.4, 0.5) is 51.4 Å². The minimum absolute atomic E-state index is 0.0880. The maximum atomic E-state index is 5.13. The van der Waals surface area contributed by atoms with Crippen LogP contribution in [0.5, 0.6) is 0 Å². The van der Waals surface area contributed by atoms with Gasteiger partial charge in [0.2, 0.25) is 0 Å². The molecule has 0 unspecified atom stereocenters. The summed E-state index contributed by atoms with van der Waals surface area (Å²) in [5, 5.41) is 15.1. The summed E-state index contributed by atoms with van der Waals surface area (Å²) in [5.41, 5.74) is 12.1. The number of hydrogen-bond acceptors (Lipinski definition) is 5. The van der Waals surface area contributed by atoms with Gasteiger partial charge >= 0.3 is 0 Å². The predicted octanol–water partition coefficient (Wildman–Crippen LogP) is 12.1. The molecule has 10 aromatic carbocycles. The van der Waals surface area contributed by atoms with Crippen molar-refractivity contribution in [3.05, 3.63) is 182 Å². The van der Waals surface area contributed by atoms with Gasteiger partial charge in [0.15, 0.2) is 0 Å². The molecule has 0 spiro atoms. The van der Waals surface area contributed by atoms with E-state index in [9.17, 15) is 0 Å². The fraction of sp³-hybridized carbons (Fsp3) is 0. The van der Waals surface area contributed by atoms with Gasteiger partial charge < -0.3 is 4.90 Å². The monoisotopic (exact) mass is 759 g/mol. The average Bonchev–Trinajstić information content (AvgIpc) is 3.31. The maximum absolute atomic E-state index is 5.13. The van der Waals surface area contributed by atoms with E-state index < -0.39 is 0 Å². The first-order valence-electron chi connectivity index (χ1n) is 20.7. The first-order chi connectivity index (χ1) is 29.8. The number of para-hydroxylation sites is 1. The van der Waals surface area contributed by atoms with Crippen molar-refractivity contribution in [1.29, 1.82) is 0 Å². The lowest BCUT2D eigenvalue weighted by molar-refractivity contribution is 1.16. The largest absolute Gasteiger partial charge is 0.310 e. The Morgan fingerprint density at radius 2 is 0.733 bits per heavy atom. The first-order valence-corrected chi connectivity index (χ1v) is 20.7. The zero-order valence-electron chi connectivity index (χ0n) is 32.1. The van der Waals surface area contributed by atoms with Crippen molar-refractivity contribution < 1.29 is 0 Å².